The Bertz CT molecular complexity index is 597. The van der Waals surface area contributed by atoms with Gasteiger partial charge in [-0.15, -0.1) is 6.58 Å². The maximum Gasteiger partial charge on any atom is 0.408 e. The number of allylic oxidation sites excluding steroid dienone is 2. The molecule has 0 aliphatic rings. The van der Waals surface area contributed by atoms with E-state index in [9.17, 15) is 4.79 Å². The number of amides is 1. The van der Waals surface area contributed by atoms with Gasteiger partial charge in [0.2, 0.25) is 0 Å². The van der Waals surface area contributed by atoms with Crippen LogP contribution in [0.1, 0.15) is 27.7 Å². The molecule has 0 heterocycles. The summed E-state index contributed by atoms with van der Waals surface area (Å²) in [7, 11) is 1.59. The molecule has 1 amide bonds. The molecule has 2 atom stereocenters. The molecule has 0 aromatic heterocycles. The molecule has 8 heteroatoms. The molecule has 2 unspecified atom stereocenters. The summed E-state index contributed by atoms with van der Waals surface area (Å²) in [4.78, 5) is 18.2. The van der Waals surface area contributed by atoms with Gasteiger partial charge >= 0.3 is 6.09 Å². The highest BCUT2D eigenvalue weighted by atomic mass is 79.9. The van der Waals surface area contributed by atoms with Gasteiger partial charge < -0.3 is 25.0 Å². The number of alkyl carbamates (subject to hydrolysis) is 1. The lowest BCUT2D eigenvalue weighted by Gasteiger charge is -2.33. The third-order valence-corrected chi connectivity index (χ3v) is 3.83. The van der Waals surface area contributed by atoms with Crippen LogP contribution in [-0.4, -0.2) is 55.3 Å². The van der Waals surface area contributed by atoms with E-state index in [0.29, 0.717) is 23.5 Å². The van der Waals surface area contributed by atoms with Gasteiger partial charge in [0, 0.05) is 6.54 Å². The van der Waals surface area contributed by atoms with Gasteiger partial charge in [-0.05, 0) is 49.7 Å². The summed E-state index contributed by atoms with van der Waals surface area (Å²) in [5, 5.41) is 5.95. The molecule has 0 fully saturated rings. The Labute approximate surface area is 177 Å². The van der Waals surface area contributed by atoms with Crippen molar-refractivity contribution in [3.63, 3.8) is 0 Å². The van der Waals surface area contributed by atoms with E-state index in [4.69, 9.17) is 9.47 Å². The second-order valence-corrected chi connectivity index (χ2v) is 7.82. The van der Waals surface area contributed by atoms with Gasteiger partial charge in [0.25, 0.3) is 0 Å². The molecule has 7 nitrogen and oxygen atoms in total. The van der Waals surface area contributed by atoms with Gasteiger partial charge in [0.05, 0.1) is 36.8 Å². The largest absolute Gasteiger partial charge is 0.499 e. The van der Waals surface area contributed by atoms with Gasteiger partial charge in [0.15, 0.2) is 0 Å². The Balaban J connectivity index is 4.83. The Morgan fingerprint density at radius 1 is 1.36 bits per heavy atom. The first-order valence-electron chi connectivity index (χ1n) is 8.87. The van der Waals surface area contributed by atoms with E-state index >= 15 is 0 Å². The van der Waals surface area contributed by atoms with E-state index in [1.54, 1.807) is 31.7 Å². The van der Waals surface area contributed by atoms with Gasteiger partial charge in [-0.3, -0.25) is 4.99 Å². The number of rotatable bonds is 12. The van der Waals surface area contributed by atoms with Crippen LogP contribution in [0.15, 0.2) is 53.3 Å². The Morgan fingerprint density at radius 3 is 2.46 bits per heavy atom. The fraction of sp³-hybridized carbons (Fsp3) is 0.500. The lowest BCUT2D eigenvalue weighted by Crippen LogP contribution is -2.49. The molecule has 0 saturated heterocycles. The average Bonchev–Trinajstić information content (AvgIpc) is 2.58. The second kappa shape index (κ2) is 13.0. The van der Waals surface area contributed by atoms with Crippen molar-refractivity contribution in [3.8, 4) is 0 Å². The summed E-state index contributed by atoms with van der Waals surface area (Å²) in [6.45, 7) is 19.6. The minimum atomic E-state index is -0.569. The number of carbonyl (C=O) groups is 1. The van der Waals surface area contributed by atoms with Crippen LogP contribution in [-0.2, 0) is 9.47 Å². The topological polar surface area (TPSA) is 75.2 Å². The molecular formula is C20H33BrN4O3. The number of aliphatic imine (C=N–C) groups is 1. The van der Waals surface area contributed by atoms with Crippen LogP contribution in [0.3, 0.4) is 0 Å². The van der Waals surface area contributed by atoms with E-state index in [2.05, 4.69) is 51.3 Å². The van der Waals surface area contributed by atoms with Crippen LogP contribution in [0.5, 0.6) is 0 Å². The molecule has 0 radical (unpaired) electrons. The highest BCUT2D eigenvalue weighted by Crippen LogP contribution is 2.14. The van der Waals surface area contributed by atoms with Crippen molar-refractivity contribution < 1.29 is 14.3 Å². The highest BCUT2D eigenvalue weighted by molar-refractivity contribution is 9.11. The van der Waals surface area contributed by atoms with Crippen LogP contribution in [0.4, 0.5) is 4.79 Å². The summed E-state index contributed by atoms with van der Waals surface area (Å²) in [6, 6.07) is -0.332. The molecule has 0 saturated carbocycles. The average molecular weight is 457 g/mol. The maximum absolute atomic E-state index is 12.0. The van der Waals surface area contributed by atoms with E-state index in [0.717, 1.165) is 0 Å². The molecule has 0 aromatic rings. The van der Waals surface area contributed by atoms with Gasteiger partial charge in [0.1, 0.15) is 11.4 Å². The number of carbonyl (C=O) groups excluding carboxylic acids is 1. The maximum atomic E-state index is 12.0. The standard InChI is InChI=1S/C20H33BrN4O3/c1-9-11-18(27-8)12-22-14-23-16(4)25(15(3)21)13-17(10-2)24-19(26)28-20(5,6)7/h9-11,14,16-17H,1-3,12-13H2,4-8H3,(H,22,23)(H,24,26)/b18-11+. The van der Waals surface area contributed by atoms with Gasteiger partial charge in [-0.25, -0.2) is 4.79 Å². The molecule has 28 heavy (non-hydrogen) atoms. The van der Waals surface area contributed by atoms with Gasteiger partial charge in [-0.1, -0.05) is 25.3 Å². The molecule has 0 rings (SSSR count). The third-order valence-electron chi connectivity index (χ3n) is 3.38. The number of hydrogen-bond acceptors (Lipinski definition) is 5. The summed E-state index contributed by atoms with van der Waals surface area (Å²) in [5.74, 6) is 0.704. The normalized spacial score (nSPS) is 14.0. The van der Waals surface area contributed by atoms with E-state index in [1.807, 2.05) is 32.6 Å². The van der Waals surface area contributed by atoms with Crippen molar-refractivity contribution in [1.82, 2.24) is 15.5 Å². The minimum absolute atomic E-state index is 0.145. The number of hydrogen-bond donors (Lipinski definition) is 2. The van der Waals surface area contributed by atoms with E-state index in [-0.39, 0.29) is 12.2 Å². The van der Waals surface area contributed by atoms with Crippen molar-refractivity contribution >= 4 is 28.4 Å². The number of methoxy groups -OCH3 is 1. The van der Waals surface area contributed by atoms with Gasteiger partial charge in [-0.2, -0.15) is 0 Å². The molecule has 0 aliphatic heterocycles. The number of nitrogens with one attached hydrogen (secondary N) is 2. The van der Waals surface area contributed by atoms with Crippen molar-refractivity contribution in [3.05, 3.63) is 48.3 Å². The predicted molar refractivity (Wildman–Crippen MR) is 119 cm³/mol. The van der Waals surface area contributed by atoms with Crippen LogP contribution < -0.4 is 10.6 Å². The first-order chi connectivity index (χ1) is 13.0. The molecule has 0 aliphatic carbocycles. The molecule has 2 N–H and O–H groups in total. The Morgan fingerprint density at radius 2 is 2.00 bits per heavy atom. The number of ether oxygens (including phenoxy) is 2. The monoisotopic (exact) mass is 456 g/mol. The Kier molecular flexibility index (Phi) is 12.0. The summed E-state index contributed by atoms with van der Waals surface area (Å²) >= 11 is 3.41. The fourth-order valence-electron chi connectivity index (χ4n) is 2.02. The van der Waals surface area contributed by atoms with Crippen molar-refractivity contribution in [2.24, 2.45) is 4.99 Å². The van der Waals surface area contributed by atoms with Crippen LogP contribution in [0, 0.1) is 0 Å². The molecule has 0 bridgehead atoms. The smallest absolute Gasteiger partial charge is 0.408 e. The first kappa shape index (κ1) is 25.8. The number of halogens is 1. The quantitative estimate of drug-likeness (QED) is 0.0884. The first-order valence-corrected chi connectivity index (χ1v) is 9.66. The van der Waals surface area contributed by atoms with E-state index in [1.165, 1.54) is 0 Å². The van der Waals surface area contributed by atoms with Crippen LogP contribution in [0.25, 0.3) is 0 Å². The summed E-state index contributed by atoms with van der Waals surface area (Å²) < 4.78 is 11.1. The zero-order valence-electron chi connectivity index (χ0n) is 17.5. The fourth-order valence-corrected chi connectivity index (χ4v) is 2.47. The summed E-state index contributed by atoms with van der Waals surface area (Å²) in [5.41, 5.74) is -0.569. The number of nitrogens with zero attached hydrogens (tertiary/aromatic N) is 2. The SMILES string of the molecule is C=C/C=C(\CN=CNC(C)N(CC(C=C)NC(=O)OC(C)(C)C)C(=C)Br)OC. The lowest BCUT2D eigenvalue weighted by molar-refractivity contribution is 0.0505. The third kappa shape index (κ3) is 11.5. The van der Waals surface area contributed by atoms with Crippen molar-refractivity contribution in [2.45, 2.75) is 45.5 Å². The zero-order chi connectivity index (χ0) is 21.7. The predicted octanol–water partition coefficient (Wildman–Crippen LogP) is 3.91. The zero-order valence-corrected chi connectivity index (χ0v) is 19.1. The van der Waals surface area contributed by atoms with E-state index < -0.39 is 11.7 Å². The van der Waals surface area contributed by atoms with Crippen LogP contribution in [0.2, 0.25) is 0 Å². The van der Waals surface area contributed by atoms with Crippen LogP contribution >= 0.6 is 15.9 Å². The minimum Gasteiger partial charge on any atom is -0.499 e. The summed E-state index contributed by atoms with van der Waals surface area (Å²) in [6.07, 6.45) is 6.01. The van der Waals surface area contributed by atoms with Crippen molar-refractivity contribution in [1.29, 1.82) is 0 Å². The van der Waals surface area contributed by atoms with Crippen molar-refractivity contribution in [2.75, 3.05) is 20.2 Å². The molecule has 0 spiro atoms. The second-order valence-electron chi connectivity index (χ2n) is 6.90. The molecular weight excluding hydrogens is 424 g/mol. The molecule has 0 aromatic carbocycles. The molecule has 158 valence electrons. The Hall–Kier alpha value is -2.22. The lowest BCUT2D eigenvalue weighted by atomic mass is 10.2. The highest BCUT2D eigenvalue weighted by Gasteiger charge is 2.21.